The van der Waals surface area contributed by atoms with Crippen molar-refractivity contribution < 1.29 is 8.42 Å². The Bertz CT molecular complexity index is 528. The fraction of sp³-hybridized carbons (Fsp3) is 0.571. The number of nitrogens with one attached hydrogen (secondary N) is 1. The molecule has 0 saturated heterocycles. The molecule has 0 spiro atoms. The van der Waals surface area contributed by atoms with E-state index < -0.39 is 9.84 Å². The second-order valence-electron chi connectivity index (χ2n) is 5.04. The van der Waals surface area contributed by atoms with Crippen LogP contribution in [-0.4, -0.2) is 38.5 Å². The molecule has 1 aromatic rings. The summed E-state index contributed by atoms with van der Waals surface area (Å²) in [5.74, 6) is 0.954. The van der Waals surface area contributed by atoms with Gasteiger partial charge in [-0.3, -0.25) is 0 Å². The lowest BCUT2D eigenvalue weighted by atomic mass is 9.87. The molecule has 0 aromatic heterocycles. The highest BCUT2D eigenvalue weighted by Crippen LogP contribution is 2.36. The Hall–Kier alpha value is -0.520. The molecule has 3 nitrogen and oxygen atoms in total. The van der Waals surface area contributed by atoms with Crippen molar-refractivity contribution in [3.8, 4) is 0 Å². The molecule has 106 valence electrons. The zero-order valence-electron chi connectivity index (χ0n) is 11.4. The Morgan fingerprint density at radius 2 is 2.11 bits per heavy atom. The van der Waals surface area contributed by atoms with Gasteiger partial charge in [-0.2, -0.15) is 11.8 Å². The molecule has 0 radical (unpaired) electrons. The minimum atomic E-state index is -2.85. The highest BCUT2D eigenvalue weighted by atomic mass is 32.2. The summed E-state index contributed by atoms with van der Waals surface area (Å²) in [5, 5.41) is 3.85. The molecule has 0 heterocycles. The van der Waals surface area contributed by atoms with E-state index in [4.69, 9.17) is 0 Å². The molecule has 0 bridgehead atoms. The highest BCUT2D eigenvalue weighted by Gasteiger charge is 2.28. The molecular formula is C14H21NO2S2. The first kappa shape index (κ1) is 14.9. The third kappa shape index (κ3) is 3.97. The van der Waals surface area contributed by atoms with Gasteiger partial charge in [0.05, 0.1) is 5.75 Å². The Balaban J connectivity index is 2.03. The summed E-state index contributed by atoms with van der Waals surface area (Å²) in [6.07, 6.45) is 3.50. The van der Waals surface area contributed by atoms with Gasteiger partial charge in [0.1, 0.15) is 9.84 Å². The Kier molecular flexibility index (Phi) is 4.92. The number of sulfone groups is 1. The van der Waals surface area contributed by atoms with E-state index in [1.807, 2.05) is 7.05 Å². The predicted molar refractivity (Wildman–Crippen MR) is 82.5 cm³/mol. The lowest BCUT2D eigenvalue weighted by molar-refractivity contribution is 0.510. The maximum absolute atomic E-state index is 11.2. The first-order chi connectivity index (χ1) is 9.01. The lowest BCUT2D eigenvalue weighted by Crippen LogP contribution is -2.32. The van der Waals surface area contributed by atoms with Crippen LogP contribution >= 0.6 is 11.8 Å². The fourth-order valence-electron chi connectivity index (χ4n) is 2.60. The standard InChI is InChI=1S/C14H21NO2S2/c1-15-14-12-6-4-3-5-11(12)7-8-13(14)18-9-10-19(2,16)17/h3-6,13-15H,7-10H2,1-2H3. The maximum Gasteiger partial charge on any atom is 0.148 e. The van der Waals surface area contributed by atoms with Gasteiger partial charge in [-0.25, -0.2) is 8.42 Å². The summed E-state index contributed by atoms with van der Waals surface area (Å²) >= 11 is 1.78. The van der Waals surface area contributed by atoms with Crippen molar-refractivity contribution in [1.82, 2.24) is 5.32 Å². The summed E-state index contributed by atoms with van der Waals surface area (Å²) < 4.78 is 22.4. The molecule has 2 rings (SSSR count). The van der Waals surface area contributed by atoms with Crippen molar-refractivity contribution >= 4 is 21.6 Å². The van der Waals surface area contributed by atoms with Crippen LogP contribution in [0.5, 0.6) is 0 Å². The molecule has 19 heavy (non-hydrogen) atoms. The fourth-order valence-corrected chi connectivity index (χ4v) is 5.26. The first-order valence-electron chi connectivity index (χ1n) is 6.55. The van der Waals surface area contributed by atoms with Gasteiger partial charge in [0.15, 0.2) is 0 Å². The van der Waals surface area contributed by atoms with Crippen molar-refractivity contribution in [2.24, 2.45) is 0 Å². The van der Waals surface area contributed by atoms with Gasteiger partial charge in [0.25, 0.3) is 0 Å². The van der Waals surface area contributed by atoms with E-state index in [0.717, 1.165) is 12.8 Å². The summed E-state index contributed by atoms with van der Waals surface area (Å²) in [6, 6.07) is 8.86. The van der Waals surface area contributed by atoms with Crippen LogP contribution < -0.4 is 5.32 Å². The molecule has 5 heteroatoms. The van der Waals surface area contributed by atoms with Crippen LogP contribution in [0.2, 0.25) is 0 Å². The van der Waals surface area contributed by atoms with Crippen LogP contribution in [0.1, 0.15) is 23.6 Å². The van der Waals surface area contributed by atoms with E-state index in [1.165, 1.54) is 17.4 Å². The third-order valence-corrected chi connectivity index (χ3v) is 6.14. The molecule has 1 N–H and O–H groups in total. The van der Waals surface area contributed by atoms with Gasteiger partial charge in [0, 0.05) is 23.3 Å². The summed E-state index contributed by atoms with van der Waals surface area (Å²) in [4.78, 5) is 0. The highest BCUT2D eigenvalue weighted by molar-refractivity contribution is 8.01. The number of thioether (sulfide) groups is 1. The van der Waals surface area contributed by atoms with Crippen molar-refractivity contribution in [1.29, 1.82) is 0 Å². The van der Waals surface area contributed by atoms with Gasteiger partial charge in [-0.05, 0) is 31.0 Å². The van der Waals surface area contributed by atoms with Gasteiger partial charge >= 0.3 is 0 Å². The Morgan fingerprint density at radius 1 is 1.37 bits per heavy atom. The van der Waals surface area contributed by atoms with Crippen molar-refractivity contribution in [3.63, 3.8) is 0 Å². The zero-order chi connectivity index (χ0) is 13.9. The van der Waals surface area contributed by atoms with E-state index in [1.54, 1.807) is 11.8 Å². The average Bonchev–Trinajstić information content (AvgIpc) is 2.37. The van der Waals surface area contributed by atoms with Crippen LogP contribution in [-0.2, 0) is 16.3 Å². The minimum absolute atomic E-state index is 0.270. The first-order valence-corrected chi connectivity index (χ1v) is 9.66. The Morgan fingerprint density at radius 3 is 2.79 bits per heavy atom. The Labute approximate surface area is 120 Å². The van der Waals surface area contributed by atoms with Crippen LogP contribution in [0.3, 0.4) is 0 Å². The minimum Gasteiger partial charge on any atom is -0.312 e. The van der Waals surface area contributed by atoms with Crippen LogP contribution in [0.25, 0.3) is 0 Å². The van der Waals surface area contributed by atoms with E-state index in [0.29, 0.717) is 17.0 Å². The van der Waals surface area contributed by atoms with E-state index in [-0.39, 0.29) is 5.75 Å². The maximum atomic E-state index is 11.2. The molecule has 0 saturated carbocycles. The zero-order valence-corrected chi connectivity index (χ0v) is 13.1. The summed E-state index contributed by atoms with van der Waals surface area (Å²) in [5.41, 5.74) is 2.79. The largest absolute Gasteiger partial charge is 0.312 e. The SMILES string of the molecule is CNC1c2ccccc2CCC1SCCS(C)(=O)=O. The van der Waals surface area contributed by atoms with Gasteiger partial charge in [-0.15, -0.1) is 0 Å². The van der Waals surface area contributed by atoms with Crippen LogP contribution in [0, 0.1) is 0 Å². The molecule has 2 unspecified atom stereocenters. The number of hydrogen-bond donors (Lipinski definition) is 1. The lowest BCUT2D eigenvalue weighted by Gasteiger charge is -2.33. The van der Waals surface area contributed by atoms with Gasteiger partial charge < -0.3 is 5.32 Å². The normalized spacial score (nSPS) is 23.1. The van der Waals surface area contributed by atoms with Gasteiger partial charge in [0.2, 0.25) is 0 Å². The third-order valence-electron chi connectivity index (χ3n) is 3.56. The van der Waals surface area contributed by atoms with Crippen molar-refractivity contribution in [3.05, 3.63) is 35.4 Å². The molecule has 1 aromatic carbocycles. The number of fused-ring (bicyclic) bond motifs is 1. The van der Waals surface area contributed by atoms with Crippen LogP contribution in [0.4, 0.5) is 0 Å². The molecule has 0 amide bonds. The number of hydrogen-bond acceptors (Lipinski definition) is 4. The molecule has 1 aliphatic rings. The second kappa shape index (κ2) is 6.29. The second-order valence-corrected chi connectivity index (χ2v) is 8.65. The van der Waals surface area contributed by atoms with E-state index >= 15 is 0 Å². The van der Waals surface area contributed by atoms with E-state index in [9.17, 15) is 8.42 Å². The summed E-state index contributed by atoms with van der Waals surface area (Å²) in [7, 11) is -0.868. The molecule has 2 atom stereocenters. The monoisotopic (exact) mass is 299 g/mol. The van der Waals surface area contributed by atoms with Gasteiger partial charge in [-0.1, -0.05) is 24.3 Å². The number of aryl methyl sites for hydroxylation is 1. The average molecular weight is 299 g/mol. The molecule has 1 aliphatic carbocycles. The quantitative estimate of drug-likeness (QED) is 0.904. The summed E-state index contributed by atoms with van der Waals surface area (Å²) in [6.45, 7) is 0. The number of rotatable bonds is 5. The predicted octanol–water partition coefficient (Wildman–Crippen LogP) is 2.04. The molecule has 0 fully saturated rings. The topological polar surface area (TPSA) is 46.2 Å². The smallest absolute Gasteiger partial charge is 0.148 e. The van der Waals surface area contributed by atoms with Crippen molar-refractivity contribution in [2.75, 3.05) is 24.8 Å². The van der Waals surface area contributed by atoms with E-state index in [2.05, 4.69) is 29.6 Å². The molecule has 0 aliphatic heterocycles. The number of benzene rings is 1. The van der Waals surface area contributed by atoms with Crippen molar-refractivity contribution in [2.45, 2.75) is 24.1 Å². The van der Waals surface area contributed by atoms with Crippen LogP contribution in [0.15, 0.2) is 24.3 Å². The molecular weight excluding hydrogens is 278 g/mol.